The molecule has 0 radical (unpaired) electrons. The molecule has 0 atom stereocenters. The number of methoxy groups -OCH3 is 1. The molecule has 1 aliphatic carbocycles. The Bertz CT molecular complexity index is 1190. The zero-order chi connectivity index (χ0) is 24.4. The second-order valence-corrected chi connectivity index (χ2v) is 9.22. The lowest BCUT2D eigenvalue weighted by molar-refractivity contribution is -0.138. The largest absolute Gasteiger partial charge is 0.497 e. The van der Waals surface area contributed by atoms with E-state index in [0.717, 1.165) is 41.1 Å². The summed E-state index contributed by atoms with van der Waals surface area (Å²) in [7, 11) is 1.63. The highest BCUT2D eigenvalue weighted by Gasteiger charge is 2.34. The van der Waals surface area contributed by atoms with E-state index in [1.54, 1.807) is 12.0 Å². The molecular formula is C27H32N4O3. The highest BCUT2D eigenvalue weighted by molar-refractivity contribution is 5.94. The number of carbonyl (C=O) groups is 2. The van der Waals surface area contributed by atoms with Gasteiger partial charge in [0, 0.05) is 29.4 Å². The Morgan fingerprint density at radius 1 is 1.12 bits per heavy atom. The van der Waals surface area contributed by atoms with Crippen molar-refractivity contribution in [2.45, 2.75) is 46.6 Å². The van der Waals surface area contributed by atoms with E-state index in [-0.39, 0.29) is 30.3 Å². The van der Waals surface area contributed by atoms with Crippen LogP contribution >= 0.6 is 0 Å². The van der Waals surface area contributed by atoms with E-state index in [9.17, 15) is 9.59 Å². The van der Waals surface area contributed by atoms with Crippen molar-refractivity contribution in [1.82, 2.24) is 14.5 Å². The van der Waals surface area contributed by atoms with E-state index in [2.05, 4.69) is 31.3 Å². The minimum absolute atomic E-state index is 0.00840. The quantitative estimate of drug-likeness (QED) is 0.526. The van der Waals surface area contributed by atoms with Crippen molar-refractivity contribution in [3.05, 3.63) is 59.8 Å². The minimum Gasteiger partial charge on any atom is -0.497 e. The number of imidazole rings is 1. The first-order valence-electron chi connectivity index (χ1n) is 11.7. The van der Waals surface area contributed by atoms with Gasteiger partial charge in [-0.2, -0.15) is 0 Å². The van der Waals surface area contributed by atoms with Crippen molar-refractivity contribution in [3.8, 4) is 22.7 Å². The molecule has 2 aromatic carbocycles. The van der Waals surface area contributed by atoms with E-state index in [4.69, 9.17) is 9.72 Å². The van der Waals surface area contributed by atoms with Gasteiger partial charge in [-0.25, -0.2) is 4.98 Å². The second kappa shape index (κ2) is 9.71. The van der Waals surface area contributed by atoms with Crippen molar-refractivity contribution in [2.75, 3.05) is 19.0 Å². The maximum atomic E-state index is 13.0. The molecule has 1 heterocycles. The molecule has 178 valence electrons. The SMILES string of the molecule is COc1ccc(-c2cn(-c3ccc(C)c(C)c3)c(NC(=O)CN(C(=O)C(C)C)C3CC3)n2)cc1. The van der Waals surface area contributed by atoms with Crippen molar-refractivity contribution in [3.63, 3.8) is 0 Å². The van der Waals surface area contributed by atoms with Gasteiger partial charge < -0.3 is 9.64 Å². The van der Waals surface area contributed by atoms with Gasteiger partial charge >= 0.3 is 0 Å². The molecule has 34 heavy (non-hydrogen) atoms. The summed E-state index contributed by atoms with van der Waals surface area (Å²) in [5.41, 5.74) is 4.89. The number of aromatic nitrogens is 2. The summed E-state index contributed by atoms with van der Waals surface area (Å²) < 4.78 is 7.15. The van der Waals surface area contributed by atoms with Gasteiger partial charge in [-0.1, -0.05) is 19.9 Å². The number of hydrogen-bond donors (Lipinski definition) is 1. The van der Waals surface area contributed by atoms with Crippen LogP contribution in [0.3, 0.4) is 0 Å². The van der Waals surface area contributed by atoms with Crippen LogP contribution < -0.4 is 10.1 Å². The maximum Gasteiger partial charge on any atom is 0.246 e. The van der Waals surface area contributed by atoms with E-state index < -0.39 is 0 Å². The molecule has 2 amide bonds. The standard InChI is InChI=1S/C27H32N4O3/c1-17(2)26(33)30(21-10-11-21)16-25(32)29-27-28-24(20-7-12-23(34-5)13-8-20)15-31(27)22-9-6-18(3)19(4)14-22/h6-9,12-15,17,21H,10-11,16H2,1-5H3,(H,28,29,32). The molecule has 0 aliphatic heterocycles. The summed E-state index contributed by atoms with van der Waals surface area (Å²) in [4.78, 5) is 32.1. The van der Waals surface area contributed by atoms with Crippen molar-refractivity contribution < 1.29 is 14.3 Å². The van der Waals surface area contributed by atoms with E-state index >= 15 is 0 Å². The highest BCUT2D eigenvalue weighted by Crippen LogP contribution is 2.29. The van der Waals surface area contributed by atoms with Crippen molar-refractivity contribution >= 4 is 17.8 Å². The van der Waals surface area contributed by atoms with Gasteiger partial charge in [0.2, 0.25) is 17.8 Å². The minimum atomic E-state index is -0.252. The molecule has 1 fully saturated rings. The lowest BCUT2D eigenvalue weighted by Gasteiger charge is -2.23. The molecule has 1 aromatic heterocycles. The van der Waals surface area contributed by atoms with Gasteiger partial charge in [-0.3, -0.25) is 19.5 Å². The number of anilines is 1. The Balaban J connectivity index is 1.65. The average molecular weight is 461 g/mol. The highest BCUT2D eigenvalue weighted by atomic mass is 16.5. The summed E-state index contributed by atoms with van der Waals surface area (Å²) in [6, 6.07) is 13.9. The van der Waals surface area contributed by atoms with Gasteiger partial charge in [-0.05, 0) is 74.2 Å². The molecular weight excluding hydrogens is 428 g/mol. The fourth-order valence-corrected chi connectivity index (χ4v) is 3.87. The van der Waals surface area contributed by atoms with Crippen LogP contribution in [0.5, 0.6) is 5.75 Å². The lowest BCUT2D eigenvalue weighted by Crippen LogP contribution is -2.41. The number of nitrogens with one attached hydrogen (secondary N) is 1. The zero-order valence-electron chi connectivity index (χ0n) is 20.5. The predicted molar refractivity (Wildman–Crippen MR) is 133 cm³/mol. The fourth-order valence-electron chi connectivity index (χ4n) is 3.87. The van der Waals surface area contributed by atoms with E-state index in [1.807, 2.05) is 54.9 Å². The van der Waals surface area contributed by atoms with Crippen molar-refractivity contribution in [2.24, 2.45) is 5.92 Å². The molecule has 0 bridgehead atoms. The number of hydrogen-bond acceptors (Lipinski definition) is 4. The third-order valence-corrected chi connectivity index (χ3v) is 6.19. The molecule has 7 nitrogen and oxygen atoms in total. The topological polar surface area (TPSA) is 76.5 Å². The van der Waals surface area contributed by atoms with E-state index in [1.165, 1.54) is 5.56 Å². The van der Waals surface area contributed by atoms with Crippen LogP contribution in [0.15, 0.2) is 48.7 Å². The molecule has 0 saturated heterocycles. The Morgan fingerprint density at radius 2 is 1.82 bits per heavy atom. The molecule has 1 saturated carbocycles. The Morgan fingerprint density at radius 3 is 2.41 bits per heavy atom. The zero-order valence-corrected chi connectivity index (χ0v) is 20.5. The molecule has 0 spiro atoms. The molecule has 7 heteroatoms. The Hall–Kier alpha value is -3.61. The van der Waals surface area contributed by atoms with Crippen molar-refractivity contribution in [1.29, 1.82) is 0 Å². The summed E-state index contributed by atoms with van der Waals surface area (Å²) in [5, 5.41) is 2.96. The predicted octanol–water partition coefficient (Wildman–Crippen LogP) is 4.75. The summed E-state index contributed by atoms with van der Waals surface area (Å²) in [5.74, 6) is 0.798. The number of amides is 2. The Kier molecular flexibility index (Phi) is 6.72. The first kappa shape index (κ1) is 23.5. The smallest absolute Gasteiger partial charge is 0.246 e. The van der Waals surface area contributed by atoms with Crippen LogP contribution in [0.25, 0.3) is 16.9 Å². The van der Waals surface area contributed by atoms with Crippen LogP contribution in [-0.4, -0.2) is 46.0 Å². The normalized spacial score (nSPS) is 13.1. The fraction of sp³-hybridized carbons (Fsp3) is 0.370. The first-order valence-corrected chi connectivity index (χ1v) is 11.7. The van der Waals surface area contributed by atoms with Crippen LogP contribution in [0, 0.1) is 19.8 Å². The third-order valence-electron chi connectivity index (χ3n) is 6.19. The Labute approximate surface area is 200 Å². The van der Waals surface area contributed by atoms with Gasteiger partial charge in [0.05, 0.1) is 12.8 Å². The first-order chi connectivity index (χ1) is 16.3. The number of nitrogens with zero attached hydrogens (tertiary/aromatic N) is 3. The van der Waals surface area contributed by atoms with Gasteiger partial charge in [0.25, 0.3) is 0 Å². The molecule has 1 aliphatic rings. The lowest BCUT2D eigenvalue weighted by atomic mass is 10.1. The summed E-state index contributed by atoms with van der Waals surface area (Å²) >= 11 is 0. The van der Waals surface area contributed by atoms with E-state index in [0.29, 0.717) is 5.95 Å². The summed E-state index contributed by atoms with van der Waals surface area (Å²) in [6.07, 6.45) is 3.81. The van der Waals surface area contributed by atoms with Crippen LogP contribution in [0.4, 0.5) is 5.95 Å². The number of aryl methyl sites for hydroxylation is 2. The van der Waals surface area contributed by atoms with Gasteiger partial charge in [-0.15, -0.1) is 0 Å². The summed E-state index contributed by atoms with van der Waals surface area (Å²) in [6.45, 7) is 7.88. The van der Waals surface area contributed by atoms with Crippen LogP contribution in [0.2, 0.25) is 0 Å². The number of carbonyl (C=O) groups excluding carboxylic acids is 2. The number of rotatable bonds is 8. The van der Waals surface area contributed by atoms with Crippen LogP contribution in [0.1, 0.15) is 37.8 Å². The molecule has 3 aromatic rings. The monoisotopic (exact) mass is 460 g/mol. The third kappa shape index (κ3) is 5.14. The molecule has 1 N–H and O–H groups in total. The second-order valence-electron chi connectivity index (χ2n) is 9.22. The maximum absolute atomic E-state index is 13.0. The number of ether oxygens (including phenoxy) is 1. The molecule has 0 unspecified atom stereocenters. The van der Waals surface area contributed by atoms with Crippen LogP contribution in [-0.2, 0) is 9.59 Å². The number of benzene rings is 2. The molecule has 4 rings (SSSR count). The van der Waals surface area contributed by atoms with Gasteiger partial charge in [0.1, 0.15) is 12.3 Å². The van der Waals surface area contributed by atoms with Gasteiger partial charge in [0.15, 0.2) is 0 Å². The average Bonchev–Trinajstić information content (AvgIpc) is 3.58.